The van der Waals surface area contributed by atoms with E-state index in [2.05, 4.69) is 27.7 Å². The van der Waals surface area contributed by atoms with Crippen LogP contribution in [-0.2, 0) is 15.0 Å². The van der Waals surface area contributed by atoms with Crippen molar-refractivity contribution in [1.29, 1.82) is 0 Å². The van der Waals surface area contributed by atoms with Crippen molar-refractivity contribution in [3.05, 3.63) is 88.5 Å². The Morgan fingerprint density at radius 2 is 1.32 bits per heavy atom. The van der Waals surface area contributed by atoms with E-state index >= 15 is 0 Å². The van der Waals surface area contributed by atoms with Crippen molar-refractivity contribution in [3.63, 3.8) is 0 Å². The lowest BCUT2D eigenvalue weighted by Crippen LogP contribution is -2.40. The Bertz CT molecular complexity index is 1040. The Hall–Kier alpha value is -3.14. The van der Waals surface area contributed by atoms with E-state index in [9.17, 15) is 19.8 Å². The molecule has 4 heteroatoms. The van der Waals surface area contributed by atoms with Gasteiger partial charge in [-0.1, -0.05) is 95.3 Å². The Labute approximate surface area is 183 Å². The molecule has 1 aliphatic rings. The second-order valence-corrected chi connectivity index (χ2v) is 9.02. The number of benzene rings is 2. The minimum atomic E-state index is -1.06. The third-order valence-corrected chi connectivity index (χ3v) is 6.41. The Balaban J connectivity index is 2.29. The first kappa shape index (κ1) is 22.5. The average Bonchev–Trinajstić information content (AvgIpc) is 2.73. The second kappa shape index (κ2) is 8.54. The fourth-order valence-electron chi connectivity index (χ4n) is 4.44. The topological polar surface area (TPSA) is 74.6 Å². The van der Waals surface area contributed by atoms with E-state index < -0.39 is 23.3 Å². The highest BCUT2D eigenvalue weighted by molar-refractivity contribution is 6.04. The maximum absolute atomic E-state index is 12.3. The van der Waals surface area contributed by atoms with Crippen molar-refractivity contribution in [2.45, 2.75) is 51.9 Å². The minimum absolute atomic E-state index is 0.130. The predicted molar refractivity (Wildman–Crippen MR) is 123 cm³/mol. The summed E-state index contributed by atoms with van der Waals surface area (Å²) < 4.78 is 0. The molecule has 1 aliphatic carbocycles. The number of rotatable bonds is 6. The van der Waals surface area contributed by atoms with Crippen LogP contribution in [0.25, 0.3) is 5.57 Å². The molecule has 0 saturated heterocycles. The van der Waals surface area contributed by atoms with E-state index in [0.717, 1.165) is 22.3 Å². The fraction of sp³-hybridized carbons (Fsp3) is 0.333. The minimum Gasteiger partial charge on any atom is -0.481 e. The average molecular weight is 419 g/mol. The van der Waals surface area contributed by atoms with Crippen LogP contribution in [0.1, 0.15) is 68.7 Å². The normalized spacial score (nSPS) is 21.1. The lowest BCUT2D eigenvalue weighted by atomic mass is 9.61. The van der Waals surface area contributed by atoms with Gasteiger partial charge >= 0.3 is 11.9 Å². The van der Waals surface area contributed by atoms with Crippen LogP contribution >= 0.6 is 0 Å². The Morgan fingerprint density at radius 3 is 1.74 bits per heavy atom. The van der Waals surface area contributed by atoms with Gasteiger partial charge < -0.3 is 10.2 Å². The fourth-order valence-corrected chi connectivity index (χ4v) is 4.44. The third kappa shape index (κ3) is 4.07. The van der Waals surface area contributed by atoms with Crippen molar-refractivity contribution >= 4 is 17.5 Å². The Morgan fingerprint density at radius 1 is 0.839 bits per heavy atom. The first-order valence-electron chi connectivity index (χ1n) is 10.7. The molecule has 2 aromatic carbocycles. The van der Waals surface area contributed by atoms with E-state index in [-0.39, 0.29) is 5.57 Å². The Kier molecular flexibility index (Phi) is 6.21. The van der Waals surface area contributed by atoms with Gasteiger partial charge in [0.15, 0.2) is 0 Å². The van der Waals surface area contributed by atoms with Crippen LogP contribution in [0.3, 0.4) is 0 Å². The van der Waals surface area contributed by atoms with Crippen molar-refractivity contribution < 1.29 is 19.8 Å². The highest BCUT2D eigenvalue weighted by Crippen LogP contribution is 2.49. The standard InChI is InChI=1S/C27H30O4/c1-16(2)18-6-8-20(9-7-18)24-22(25(28)29)14-15-23(26(30)31)27(24,5)21-12-10-19(11-13-21)17(3)4/h6-17,23H,1-5H3,(H,28,29)(H,30,31). The van der Waals surface area contributed by atoms with Gasteiger partial charge in [-0.25, -0.2) is 4.79 Å². The molecule has 2 unspecified atom stereocenters. The van der Waals surface area contributed by atoms with Gasteiger partial charge in [0.25, 0.3) is 0 Å². The van der Waals surface area contributed by atoms with Gasteiger partial charge in [-0.05, 0) is 39.7 Å². The van der Waals surface area contributed by atoms with E-state index in [0.29, 0.717) is 17.4 Å². The van der Waals surface area contributed by atoms with Gasteiger partial charge in [-0.15, -0.1) is 0 Å². The molecular weight excluding hydrogens is 388 g/mol. The number of allylic oxidation sites excluding steroid dienone is 1. The molecule has 0 heterocycles. The van der Waals surface area contributed by atoms with E-state index in [4.69, 9.17) is 0 Å². The zero-order valence-corrected chi connectivity index (χ0v) is 18.7. The molecule has 31 heavy (non-hydrogen) atoms. The largest absolute Gasteiger partial charge is 0.481 e. The molecule has 0 spiro atoms. The van der Waals surface area contributed by atoms with Crippen molar-refractivity contribution in [2.24, 2.45) is 5.92 Å². The molecule has 0 amide bonds. The number of hydrogen-bond donors (Lipinski definition) is 2. The molecular formula is C27H30O4. The predicted octanol–water partition coefficient (Wildman–Crippen LogP) is 6.00. The van der Waals surface area contributed by atoms with Crippen molar-refractivity contribution in [3.8, 4) is 0 Å². The van der Waals surface area contributed by atoms with Gasteiger partial charge in [0.2, 0.25) is 0 Å². The number of aliphatic carboxylic acids is 2. The summed E-state index contributed by atoms with van der Waals surface area (Å²) in [6.45, 7) is 10.2. The maximum Gasteiger partial charge on any atom is 0.336 e. The molecule has 0 aliphatic heterocycles. The molecule has 2 atom stereocenters. The van der Waals surface area contributed by atoms with Crippen LogP contribution in [0.5, 0.6) is 0 Å². The highest BCUT2D eigenvalue weighted by Gasteiger charge is 2.46. The summed E-state index contributed by atoms with van der Waals surface area (Å²) in [4.78, 5) is 24.5. The van der Waals surface area contributed by atoms with Crippen molar-refractivity contribution in [1.82, 2.24) is 0 Å². The van der Waals surface area contributed by atoms with Crippen LogP contribution in [-0.4, -0.2) is 22.2 Å². The van der Waals surface area contributed by atoms with Crippen LogP contribution in [0.4, 0.5) is 0 Å². The first-order valence-corrected chi connectivity index (χ1v) is 10.7. The maximum atomic E-state index is 12.3. The number of hydrogen-bond acceptors (Lipinski definition) is 2. The summed E-state index contributed by atoms with van der Waals surface area (Å²) in [5.41, 5.74) is 3.43. The van der Waals surface area contributed by atoms with Crippen LogP contribution in [0.2, 0.25) is 0 Å². The molecule has 4 nitrogen and oxygen atoms in total. The first-order chi connectivity index (χ1) is 14.6. The number of carbonyl (C=O) groups is 2. The van der Waals surface area contributed by atoms with Crippen molar-refractivity contribution in [2.75, 3.05) is 0 Å². The summed E-state index contributed by atoms with van der Waals surface area (Å²) in [5.74, 6) is -2.24. The molecule has 0 aromatic heterocycles. The second-order valence-electron chi connectivity index (χ2n) is 9.02. The van der Waals surface area contributed by atoms with Crippen LogP contribution < -0.4 is 0 Å². The van der Waals surface area contributed by atoms with Gasteiger partial charge in [-0.2, -0.15) is 0 Å². The summed E-state index contributed by atoms with van der Waals surface area (Å²) in [6, 6.07) is 15.7. The SMILES string of the molecule is CC(C)c1ccc(C2=C(C(=O)O)C=CC(C(=O)O)C2(C)c2ccc(C(C)C)cc2)cc1. The third-order valence-electron chi connectivity index (χ3n) is 6.41. The molecule has 0 radical (unpaired) electrons. The van der Waals surface area contributed by atoms with Gasteiger partial charge in [0.1, 0.15) is 0 Å². The van der Waals surface area contributed by atoms with E-state index in [1.54, 1.807) is 0 Å². The lowest BCUT2D eigenvalue weighted by molar-refractivity contribution is -0.141. The summed E-state index contributed by atoms with van der Waals surface area (Å²) in [5, 5.41) is 20.0. The zero-order chi connectivity index (χ0) is 22.9. The number of carboxylic acids is 2. The molecule has 0 saturated carbocycles. The molecule has 0 fully saturated rings. The molecule has 2 aromatic rings. The smallest absolute Gasteiger partial charge is 0.336 e. The molecule has 2 N–H and O–H groups in total. The molecule has 0 bridgehead atoms. The zero-order valence-electron chi connectivity index (χ0n) is 18.7. The van der Waals surface area contributed by atoms with Crippen LogP contribution in [0.15, 0.2) is 66.3 Å². The van der Waals surface area contributed by atoms with E-state index in [1.165, 1.54) is 12.2 Å². The molecule has 162 valence electrons. The summed E-state index contributed by atoms with van der Waals surface area (Å²) in [6.07, 6.45) is 2.95. The van der Waals surface area contributed by atoms with Gasteiger partial charge in [-0.3, -0.25) is 4.79 Å². The number of carboxylic acid groups (broad SMARTS) is 2. The van der Waals surface area contributed by atoms with Gasteiger partial charge in [0.05, 0.1) is 11.5 Å². The highest BCUT2D eigenvalue weighted by atomic mass is 16.4. The van der Waals surface area contributed by atoms with Crippen LogP contribution in [0, 0.1) is 5.92 Å². The lowest BCUT2D eigenvalue weighted by Gasteiger charge is -2.40. The quantitative estimate of drug-likeness (QED) is 0.603. The summed E-state index contributed by atoms with van der Waals surface area (Å²) in [7, 11) is 0. The van der Waals surface area contributed by atoms with Gasteiger partial charge in [0, 0.05) is 5.41 Å². The molecule has 3 rings (SSSR count). The monoisotopic (exact) mass is 418 g/mol. The van der Waals surface area contributed by atoms with E-state index in [1.807, 2.05) is 55.5 Å². The summed E-state index contributed by atoms with van der Waals surface area (Å²) >= 11 is 0.